The fourth-order valence-electron chi connectivity index (χ4n) is 1.60. The van der Waals surface area contributed by atoms with Crippen LogP contribution in [0.4, 0.5) is 10.1 Å². The molecule has 1 heterocycles. The van der Waals surface area contributed by atoms with Gasteiger partial charge < -0.3 is 10.1 Å². The molecule has 2 rings (SSSR count). The van der Waals surface area contributed by atoms with E-state index in [0.29, 0.717) is 12.3 Å². The fraction of sp³-hybridized carbons (Fsp3) is 0.200. The average molecular weight is 274 g/mol. The predicted octanol–water partition coefficient (Wildman–Crippen LogP) is 3.26. The van der Waals surface area contributed by atoms with Gasteiger partial charge in [0.2, 0.25) is 5.95 Å². The van der Waals surface area contributed by atoms with E-state index in [9.17, 15) is 9.18 Å². The summed E-state index contributed by atoms with van der Waals surface area (Å²) in [6.07, 6.45) is 2.19. The van der Waals surface area contributed by atoms with Crippen molar-refractivity contribution in [3.05, 3.63) is 54.1 Å². The lowest BCUT2D eigenvalue weighted by Gasteiger charge is -2.07. The number of amides is 1. The zero-order valence-electron chi connectivity index (χ0n) is 11.1. The molecule has 2 aromatic rings. The van der Waals surface area contributed by atoms with E-state index in [-0.39, 0.29) is 11.5 Å². The standard InChI is InChI=1S/C15H15FN2O2/c1-2-9-20-13-5-3-12(4-6-13)18-15(19)11-7-8-17-14(16)10-11/h3-8,10H,2,9H2,1H3,(H,18,19). The number of aromatic nitrogens is 1. The van der Waals surface area contributed by atoms with E-state index in [1.54, 1.807) is 24.3 Å². The topological polar surface area (TPSA) is 51.2 Å². The number of nitrogens with zero attached hydrogens (tertiary/aromatic N) is 1. The van der Waals surface area contributed by atoms with Gasteiger partial charge in [-0.1, -0.05) is 6.92 Å². The summed E-state index contributed by atoms with van der Waals surface area (Å²) in [5.74, 6) is -0.311. The van der Waals surface area contributed by atoms with Gasteiger partial charge in [-0.05, 0) is 36.8 Å². The minimum absolute atomic E-state index is 0.226. The van der Waals surface area contributed by atoms with Crippen LogP contribution in [0.1, 0.15) is 23.7 Å². The molecule has 0 atom stereocenters. The number of pyridine rings is 1. The highest BCUT2D eigenvalue weighted by Gasteiger charge is 2.07. The Morgan fingerprint density at radius 1 is 1.30 bits per heavy atom. The van der Waals surface area contributed by atoms with Crippen LogP contribution < -0.4 is 10.1 Å². The number of anilines is 1. The Balaban J connectivity index is 2.01. The molecule has 4 nitrogen and oxygen atoms in total. The van der Waals surface area contributed by atoms with Crippen molar-refractivity contribution in [3.8, 4) is 5.75 Å². The summed E-state index contributed by atoms with van der Waals surface area (Å²) < 4.78 is 18.4. The molecule has 0 saturated carbocycles. The van der Waals surface area contributed by atoms with Crippen molar-refractivity contribution in [1.29, 1.82) is 0 Å². The van der Waals surface area contributed by atoms with E-state index >= 15 is 0 Å². The quantitative estimate of drug-likeness (QED) is 0.851. The molecule has 104 valence electrons. The molecule has 0 fully saturated rings. The van der Waals surface area contributed by atoms with Crippen molar-refractivity contribution >= 4 is 11.6 Å². The van der Waals surface area contributed by atoms with Crippen LogP contribution in [0.25, 0.3) is 0 Å². The van der Waals surface area contributed by atoms with E-state index in [2.05, 4.69) is 10.3 Å². The first-order chi connectivity index (χ1) is 9.69. The van der Waals surface area contributed by atoms with Crippen molar-refractivity contribution < 1.29 is 13.9 Å². The smallest absolute Gasteiger partial charge is 0.255 e. The molecule has 0 aliphatic heterocycles. The first kappa shape index (κ1) is 14.0. The third-order valence-electron chi connectivity index (χ3n) is 2.57. The summed E-state index contributed by atoms with van der Waals surface area (Å²) in [5, 5.41) is 2.68. The molecule has 20 heavy (non-hydrogen) atoms. The SMILES string of the molecule is CCCOc1ccc(NC(=O)c2ccnc(F)c2)cc1. The number of rotatable bonds is 5. The van der Waals surface area contributed by atoms with Gasteiger partial charge >= 0.3 is 0 Å². The summed E-state index contributed by atoms with van der Waals surface area (Å²) in [4.78, 5) is 15.3. The second-order valence-corrected chi connectivity index (χ2v) is 4.19. The van der Waals surface area contributed by atoms with E-state index < -0.39 is 5.95 Å². The Hall–Kier alpha value is -2.43. The summed E-state index contributed by atoms with van der Waals surface area (Å²) in [6, 6.07) is 9.57. The molecule has 0 saturated heterocycles. The first-order valence-corrected chi connectivity index (χ1v) is 6.35. The molecule has 1 aromatic heterocycles. The van der Waals surface area contributed by atoms with Gasteiger partial charge in [0.05, 0.1) is 6.61 Å². The highest BCUT2D eigenvalue weighted by atomic mass is 19.1. The molecule has 0 radical (unpaired) electrons. The van der Waals surface area contributed by atoms with Gasteiger partial charge in [0.15, 0.2) is 0 Å². The Labute approximate surface area is 116 Å². The van der Waals surface area contributed by atoms with Crippen LogP contribution in [0.3, 0.4) is 0 Å². The van der Waals surface area contributed by atoms with E-state index in [1.165, 1.54) is 12.3 Å². The number of carbonyl (C=O) groups is 1. The van der Waals surface area contributed by atoms with Crippen molar-refractivity contribution in [2.24, 2.45) is 0 Å². The molecule has 1 N–H and O–H groups in total. The highest BCUT2D eigenvalue weighted by molar-refractivity contribution is 6.04. The normalized spacial score (nSPS) is 10.1. The largest absolute Gasteiger partial charge is 0.494 e. The molecule has 0 aliphatic rings. The number of hydrogen-bond acceptors (Lipinski definition) is 3. The second-order valence-electron chi connectivity index (χ2n) is 4.19. The Morgan fingerprint density at radius 3 is 2.70 bits per heavy atom. The van der Waals surface area contributed by atoms with Crippen LogP contribution in [-0.4, -0.2) is 17.5 Å². The number of benzene rings is 1. The number of ether oxygens (including phenoxy) is 1. The van der Waals surface area contributed by atoms with Crippen LogP contribution >= 0.6 is 0 Å². The van der Waals surface area contributed by atoms with E-state index in [4.69, 9.17) is 4.74 Å². The number of hydrogen-bond donors (Lipinski definition) is 1. The van der Waals surface area contributed by atoms with Crippen molar-refractivity contribution in [1.82, 2.24) is 4.98 Å². The maximum atomic E-state index is 12.9. The number of nitrogens with one attached hydrogen (secondary N) is 1. The molecule has 1 aromatic carbocycles. The van der Waals surface area contributed by atoms with Gasteiger partial charge in [0.1, 0.15) is 5.75 Å². The number of carbonyl (C=O) groups excluding carboxylic acids is 1. The van der Waals surface area contributed by atoms with Gasteiger partial charge in [-0.15, -0.1) is 0 Å². The zero-order valence-corrected chi connectivity index (χ0v) is 11.1. The molecule has 0 spiro atoms. The molecule has 5 heteroatoms. The minimum atomic E-state index is -0.680. The van der Waals surface area contributed by atoms with Gasteiger partial charge in [-0.3, -0.25) is 4.79 Å². The molecule has 0 unspecified atom stereocenters. The monoisotopic (exact) mass is 274 g/mol. The van der Waals surface area contributed by atoms with Gasteiger partial charge in [0, 0.05) is 23.5 Å². The van der Waals surface area contributed by atoms with Crippen LogP contribution in [0.5, 0.6) is 5.75 Å². The minimum Gasteiger partial charge on any atom is -0.494 e. The van der Waals surface area contributed by atoms with Crippen molar-refractivity contribution in [3.63, 3.8) is 0 Å². The second kappa shape index (κ2) is 6.65. The van der Waals surface area contributed by atoms with Crippen molar-refractivity contribution in [2.75, 3.05) is 11.9 Å². The maximum absolute atomic E-state index is 12.9. The van der Waals surface area contributed by atoms with Crippen LogP contribution in [-0.2, 0) is 0 Å². The molecular weight excluding hydrogens is 259 g/mol. The lowest BCUT2D eigenvalue weighted by atomic mass is 10.2. The third kappa shape index (κ3) is 3.78. The molecule has 1 amide bonds. The predicted molar refractivity (Wildman–Crippen MR) is 74.4 cm³/mol. The van der Waals surface area contributed by atoms with Gasteiger partial charge in [-0.25, -0.2) is 4.98 Å². The Kier molecular flexibility index (Phi) is 4.65. The summed E-state index contributed by atoms with van der Waals surface area (Å²) in [6.45, 7) is 2.68. The molecule has 0 bridgehead atoms. The maximum Gasteiger partial charge on any atom is 0.255 e. The summed E-state index contributed by atoms with van der Waals surface area (Å²) in [7, 11) is 0. The highest BCUT2D eigenvalue weighted by Crippen LogP contribution is 2.16. The lowest BCUT2D eigenvalue weighted by Crippen LogP contribution is -2.12. The summed E-state index contributed by atoms with van der Waals surface area (Å²) >= 11 is 0. The summed E-state index contributed by atoms with van der Waals surface area (Å²) in [5.41, 5.74) is 0.847. The lowest BCUT2D eigenvalue weighted by molar-refractivity contribution is 0.102. The Morgan fingerprint density at radius 2 is 2.05 bits per heavy atom. The van der Waals surface area contributed by atoms with Gasteiger partial charge in [-0.2, -0.15) is 4.39 Å². The van der Waals surface area contributed by atoms with E-state index in [0.717, 1.165) is 18.2 Å². The first-order valence-electron chi connectivity index (χ1n) is 6.35. The van der Waals surface area contributed by atoms with Crippen LogP contribution in [0.2, 0.25) is 0 Å². The van der Waals surface area contributed by atoms with Crippen LogP contribution in [0, 0.1) is 5.95 Å². The van der Waals surface area contributed by atoms with Crippen LogP contribution in [0.15, 0.2) is 42.6 Å². The fourth-order valence-corrected chi connectivity index (χ4v) is 1.60. The number of halogens is 1. The zero-order chi connectivity index (χ0) is 14.4. The van der Waals surface area contributed by atoms with Crippen molar-refractivity contribution in [2.45, 2.75) is 13.3 Å². The third-order valence-corrected chi connectivity index (χ3v) is 2.57. The average Bonchev–Trinajstić information content (AvgIpc) is 2.46. The van der Waals surface area contributed by atoms with Gasteiger partial charge in [0.25, 0.3) is 5.91 Å². The molecule has 0 aliphatic carbocycles. The van der Waals surface area contributed by atoms with E-state index in [1.807, 2.05) is 6.92 Å². The molecular formula is C15H15FN2O2. The Bertz CT molecular complexity index is 585.